The number of thiophene rings is 1. The molecule has 0 saturated carbocycles. The summed E-state index contributed by atoms with van der Waals surface area (Å²) in [7, 11) is 0. The number of carbonyl (C=O) groups excluding carboxylic acids is 2. The number of likely N-dealkylation sites (tertiary alicyclic amines) is 1. The third-order valence-electron chi connectivity index (χ3n) is 3.29. The average Bonchev–Trinajstić information content (AvgIpc) is 2.95. The molecule has 1 N–H and O–H groups in total. The molecule has 1 fully saturated rings. The Hall–Kier alpha value is -1.36. The molecule has 0 aliphatic carbocycles. The van der Waals surface area contributed by atoms with Crippen molar-refractivity contribution in [3.05, 3.63) is 21.9 Å². The van der Waals surface area contributed by atoms with Crippen LogP contribution in [0.15, 0.2) is 12.1 Å². The third-order valence-corrected chi connectivity index (χ3v) is 4.66. The van der Waals surface area contributed by atoms with Crippen LogP contribution in [0.1, 0.15) is 47.7 Å². The molecule has 1 unspecified atom stereocenters. The summed E-state index contributed by atoms with van der Waals surface area (Å²) in [5.41, 5.74) is 0. The van der Waals surface area contributed by atoms with E-state index in [-0.39, 0.29) is 17.9 Å². The Bertz CT molecular complexity index is 482. The first-order chi connectivity index (χ1) is 8.97. The van der Waals surface area contributed by atoms with Crippen LogP contribution in [0, 0.1) is 0 Å². The largest absolute Gasteiger partial charge is 0.352 e. The lowest BCUT2D eigenvalue weighted by Gasteiger charge is -2.15. The normalized spacial score (nSPS) is 18.9. The van der Waals surface area contributed by atoms with Crippen molar-refractivity contribution >= 4 is 23.2 Å². The molecule has 0 bridgehead atoms. The SMILES string of the molecule is CC(=O)NC1CCN(C(=O)c2ccc(C(C)C)s2)C1. The number of rotatable bonds is 3. The van der Waals surface area contributed by atoms with Crippen molar-refractivity contribution in [2.24, 2.45) is 0 Å². The highest BCUT2D eigenvalue weighted by atomic mass is 32.1. The van der Waals surface area contributed by atoms with E-state index in [1.807, 2.05) is 17.0 Å². The van der Waals surface area contributed by atoms with Gasteiger partial charge >= 0.3 is 0 Å². The molecule has 1 aliphatic heterocycles. The van der Waals surface area contributed by atoms with E-state index in [1.165, 1.54) is 11.8 Å². The van der Waals surface area contributed by atoms with Crippen LogP contribution in [0.3, 0.4) is 0 Å². The standard InChI is InChI=1S/C14H20N2O2S/c1-9(2)12-4-5-13(19-12)14(18)16-7-6-11(8-16)15-10(3)17/h4-5,9,11H,6-8H2,1-3H3,(H,15,17). The number of hydrogen-bond acceptors (Lipinski definition) is 3. The van der Waals surface area contributed by atoms with Gasteiger partial charge in [0.2, 0.25) is 5.91 Å². The Morgan fingerprint density at radius 1 is 1.42 bits per heavy atom. The van der Waals surface area contributed by atoms with Gasteiger partial charge in [-0.15, -0.1) is 11.3 Å². The van der Waals surface area contributed by atoms with Gasteiger partial charge < -0.3 is 10.2 Å². The average molecular weight is 280 g/mol. The van der Waals surface area contributed by atoms with Gasteiger partial charge in [-0.1, -0.05) is 13.8 Å². The number of amides is 2. The first-order valence-electron chi connectivity index (χ1n) is 6.63. The highest BCUT2D eigenvalue weighted by molar-refractivity contribution is 7.14. The van der Waals surface area contributed by atoms with E-state index in [0.717, 1.165) is 17.8 Å². The van der Waals surface area contributed by atoms with E-state index in [1.54, 1.807) is 11.3 Å². The summed E-state index contributed by atoms with van der Waals surface area (Å²) < 4.78 is 0. The Labute approximate surface area is 117 Å². The van der Waals surface area contributed by atoms with Crippen LogP contribution in [0.4, 0.5) is 0 Å². The van der Waals surface area contributed by atoms with Gasteiger partial charge in [0.15, 0.2) is 0 Å². The highest BCUT2D eigenvalue weighted by Gasteiger charge is 2.28. The van der Waals surface area contributed by atoms with Gasteiger partial charge in [0.05, 0.1) is 4.88 Å². The van der Waals surface area contributed by atoms with Crippen LogP contribution in [0.2, 0.25) is 0 Å². The number of nitrogens with one attached hydrogen (secondary N) is 1. The van der Waals surface area contributed by atoms with Gasteiger partial charge in [-0.3, -0.25) is 9.59 Å². The second-order valence-electron chi connectivity index (χ2n) is 5.29. The van der Waals surface area contributed by atoms with E-state index in [2.05, 4.69) is 19.2 Å². The number of carbonyl (C=O) groups is 2. The minimum absolute atomic E-state index is 0.0301. The molecule has 1 atom stereocenters. The molecule has 19 heavy (non-hydrogen) atoms. The summed E-state index contributed by atoms with van der Waals surface area (Å²) in [5.74, 6) is 0.513. The molecule has 2 rings (SSSR count). The molecule has 0 spiro atoms. The molecule has 1 aliphatic rings. The lowest BCUT2D eigenvalue weighted by Crippen LogP contribution is -2.37. The summed E-state index contributed by atoms with van der Waals surface area (Å²) in [5, 5.41) is 2.87. The van der Waals surface area contributed by atoms with Gasteiger partial charge in [-0.25, -0.2) is 0 Å². The first kappa shape index (κ1) is 14.1. The summed E-state index contributed by atoms with van der Waals surface area (Å²) in [4.78, 5) is 27.2. The fraction of sp³-hybridized carbons (Fsp3) is 0.571. The lowest BCUT2D eigenvalue weighted by atomic mass is 10.2. The smallest absolute Gasteiger partial charge is 0.263 e. The van der Waals surface area contributed by atoms with Crippen molar-refractivity contribution < 1.29 is 9.59 Å². The van der Waals surface area contributed by atoms with Crippen LogP contribution >= 0.6 is 11.3 Å². The molecule has 4 nitrogen and oxygen atoms in total. The Kier molecular flexibility index (Phi) is 4.24. The van der Waals surface area contributed by atoms with E-state index < -0.39 is 0 Å². The lowest BCUT2D eigenvalue weighted by molar-refractivity contribution is -0.119. The Balaban J connectivity index is 1.98. The zero-order chi connectivity index (χ0) is 14.0. The molecule has 2 amide bonds. The van der Waals surface area contributed by atoms with E-state index >= 15 is 0 Å². The van der Waals surface area contributed by atoms with Gasteiger partial charge in [0, 0.05) is 30.9 Å². The summed E-state index contributed by atoms with van der Waals surface area (Å²) in [6, 6.07) is 4.05. The van der Waals surface area contributed by atoms with Gasteiger partial charge in [-0.05, 0) is 24.5 Å². The van der Waals surface area contributed by atoms with Crippen molar-refractivity contribution in [3.63, 3.8) is 0 Å². The molecule has 1 aromatic rings. The van der Waals surface area contributed by atoms with Crippen molar-refractivity contribution in [2.75, 3.05) is 13.1 Å². The fourth-order valence-electron chi connectivity index (χ4n) is 2.28. The molecular formula is C14H20N2O2S. The highest BCUT2D eigenvalue weighted by Crippen LogP contribution is 2.26. The molecule has 5 heteroatoms. The van der Waals surface area contributed by atoms with E-state index in [9.17, 15) is 9.59 Å². The zero-order valence-corrected chi connectivity index (χ0v) is 12.4. The van der Waals surface area contributed by atoms with Gasteiger partial charge in [-0.2, -0.15) is 0 Å². The number of hydrogen-bond donors (Lipinski definition) is 1. The zero-order valence-electron chi connectivity index (χ0n) is 11.6. The van der Waals surface area contributed by atoms with Crippen LogP contribution in [0.5, 0.6) is 0 Å². The first-order valence-corrected chi connectivity index (χ1v) is 7.45. The molecular weight excluding hydrogens is 260 g/mol. The van der Waals surface area contributed by atoms with Crippen molar-refractivity contribution in [1.29, 1.82) is 0 Å². The van der Waals surface area contributed by atoms with Crippen LogP contribution in [-0.4, -0.2) is 35.8 Å². The summed E-state index contributed by atoms with van der Waals surface area (Å²) in [6.07, 6.45) is 0.841. The van der Waals surface area contributed by atoms with Crippen LogP contribution < -0.4 is 5.32 Å². The monoisotopic (exact) mass is 280 g/mol. The maximum Gasteiger partial charge on any atom is 0.263 e. The molecule has 0 radical (unpaired) electrons. The molecule has 1 saturated heterocycles. The van der Waals surface area contributed by atoms with Crippen molar-refractivity contribution in [1.82, 2.24) is 10.2 Å². The quantitative estimate of drug-likeness (QED) is 0.923. The molecule has 0 aromatic carbocycles. The maximum atomic E-state index is 12.3. The van der Waals surface area contributed by atoms with Gasteiger partial charge in [0.25, 0.3) is 5.91 Å². The topological polar surface area (TPSA) is 49.4 Å². The van der Waals surface area contributed by atoms with E-state index in [4.69, 9.17) is 0 Å². The minimum atomic E-state index is -0.0301. The fourth-order valence-corrected chi connectivity index (χ4v) is 3.26. The molecule has 104 valence electrons. The number of nitrogens with zero attached hydrogens (tertiary/aromatic N) is 1. The Morgan fingerprint density at radius 2 is 2.16 bits per heavy atom. The van der Waals surface area contributed by atoms with Crippen LogP contribution in [0.25, 0.3) is 0 Å². The predicted octanol–water partition coefficient (Wildman–Crippen LogP) is 2.22. The minimum Gasteiger partial charge on any atom is -0.352 e. The second kappa shape index (κ2) is 5.74. The second-order valence-corrected chi connectivity index (χ2v) is 6.41. The van der Waals surface area contributed by atoms with E-state index in [0.29, 0.717) is 12.5 Å². The Morgan fingerprint density at radius 3 is 2.74 bits per heavy atom. The summed E-state index contributed by atoms with van der Waals surface area (Å²) in [6.45, 7) is 7.11. The van der Waals surface area contributed by atoms with Crippen molar-refractivity contribution in [2.45, 2.75) is 39.2 Å². The maximum absolute atomic E-state index is 12.3. The molecule has 1 aromatic heterocycles. The van der Waals surface area contributed by atoms with Crippen molar-refractivity contribution in [3.8, 4) is 0 Å². The predicted molar refractivity (Wildman–Crippen MR) is 76.5 cm³/mol. The summed E-state index contributed by atoms with van der Waals surface area (Å²) >= 11 is 1.57. The van der Waals surface area contributed by atoms with Gasteiger partial charge in [0.1, 0.15) is 0 Å². The van der Waals surface area contributed by atoms with Crippen LogP contribution in [-0.2, 0) is 4.79 Å². The molecule has 2 heterocycles. The third kappa shape index (κ3) is 3.35.